The van der Waals surface area contributed by atoms with E-state index in [9.17, 15) is 4.79 Å². The molecule has 25 heavy (non-hydrogen) atoms. The molecule has 0 atom stereocenters. The van der Waals surface area contributed by atoms with E-state index in [1.165, 1.54) is 16.4 Å². The minimum Gasteiger partial charge on any atom is -0.461 e. The van der Waals surface area contributed by atoms with Crippen LogP contribution in [0.5, 0.6) is 0 Å². The number of thioether (sulfide) groups is 2. The van der Waals surface area contributed by atoms with Gasteiger partial charge in [-0.3, -0.25) is 4.79 Å². The lowest BCUT2D eigenvalue weighted by atomic mass is 10.3. The summed E-state index contributed by atoms with van der Waals surface area (Å²) in [5.74, 6) is 8.15. The quantitative estimate of drug-likeness (QED) is 0.555. The van der Waals surface area contributed by atoms with Crippen LogP contribution in [0.2, 0.25) is 0 Å². The van der Waals surface area contributed by atoms with Gasteiger partial charge in [0.05, 0.1) is 17.7 Å². The number of furan rings is 1. The number of hydrogen-bond donors (Lipinski definition) is 1. The molecule has 4 rings (SSSR count). The average molecular weight is 373 g/mol. The molecule has 3 heterocycles. The molecule has 3 aromatic rings. The Labute approximate surface area is 152 Å². The molecule has 1 amide bonds. The number of nitrogens with two attached hydrogens (primary N) is 1. The third-order valence-corrected chi connectivity index (χ3v) is 5.73. The number of anilines is 1. The molecule has 0 radical (unpaired) electrons. The molecule has 2 aromatic heterocycles. The minimum absolute atomic E-state index is 0.0281. The number of aromatic nitrogens is 3. The molecule has 0 fully saturated rings. The number of para-hydroxylation sites is 1. The van der Waals surface area contributed by atoms with E-state index in [0.717, 1.165) is 16.3 Å². The van der Waals surface area contributed by atoms with Gasteiger partial charge in [-0.1, -0.05) is 23.9 Å². The smallest absolute Gasteiger partial charge is 0.237 e. The van der Waals surface area contributed by atoms with Gasteiger partial charge in [-0.05, 0) is 24.3 Å². The van der Waals surface area contributed by atoms with Gasteiger partial charge < -0.3 is 15.2 Å². The summed E-state index contributed by atoms with van der Waals surface area (Å²) >= 11 is 3.04. The van der Waals surface area contributed by atoms with Crippen LogP contribution in [0.15, 0.2) is 57.1 Å². The zero-order chi connectivity index (χ0) is 17.2. The summed E-state index contributed by atoms with van der Waals surface area (Å²) < 4.78 is 6.63. The van der Waals surface area contributed by atoms with Crippen molar-refractivity contribution in [3.8, 4) is 11.6 Å². The van der Waals surface area contributed by atoms with Crippen LogP contribution in [-0.4, -0.2) is 38.8 Å². The van der Waals surface area contributed by atoms with E-state index in [4.69, 9.17) is 10.3 Å². The fourth-order valence-corrected chi connectivity index (χ4v) is 4.31. The average Bonchev–Trinajstić information content (AvgIpc) is 3.29. The Balaban J connectivity index is 1.47. The number of rotatable bonds is 4. The number of carbonyl (C=O) groups excluding carboxylic acids is 1. The summed E-state index contributed by atoms with van der Waals surface area (Å²) in [7, 11) is 0. The lowest BCUT2D eigenvalue weighted by molar-refractivity contribution is -0.116. The van der Waals surface area contributed by atoms with Crippen molar-refractivity contribution in [1.82, 2.24) is 14.9 Å². The van der Waals surface area contributed by atoms with Crippen molar-refractivity contribution in [3.05, 3.63) is 42.7 Å². The second kappa shape index (κ2) is 6.85. The number of carbonyl (C=O) groups is 1. The molecule has 0 aliphatic carbocycles. The molecular formula is C16H15N5O2S2. The standard InChI is InChI=1S/C16H15N5O2S2/c17-21-15(12-5-3-8-23-12)18-19-16(21)25-10-14(22)20-7-9-24-13-6-2-1-4-11(13)20/h1-6,8H,7,9-10,17H2. The van der Waals surface area contributed by atoms with E-state index in [1.807, 2.05) is 29.2 Å². The fourth-order valence-electron chi connectivity index (χ4n) is 2.58. The van der Waals surface area contributed by atoms with Gasteiger partial charge >= 0.3 is 0 Å². The Bertz CT molecular complexity index is 894. The lowest BCUT2D eigenvalue weighted by Gasteiger charge is -2.28. The first-order valence-electron chi connectivity index (χ1n) is 7.63. The molecule has 128 valence electrons. The van der Waals surface area contributed by atoms with E-state index < -0.39 is 0 Å². The second-order valence-electron chi connectivity index (χ2n) is 5.30. The molecule has 1 aromatic carbocycles. The highest BCUT2D eigenvalue weighted by atomic mass is 32.2. The first kappa shape index (κ1) is 16.1. The fraction of sp³-hybridized carbons (Fsp3) is 0.188. The van der Waals surface area contributed by atoms with E-state index in [-0.39, 0.29) is 11.7 Å². The van der Waals surface area contributed by atoms with Crippen molar-refractivity contribution >= 4 is 35.1 Å². The number of benzene rings is 1. The SMILES string of the molecule is Nn1c(SCC(=O)N2CCSc3ccccc32)nnc1-c1ccco1. The Hall–Kier alpha value is -2.39. The Morgan fingerprint density at radius 2 is 2.16 bits per heavy atom. The highest BCUT2D eigenvalue weighted by molar-refractivity contribution is 8.00. The molecule has 0 bridgehead atoms. The summed E-state index contributed by atoms with van der Waals surface area (Å²) in [6, 6.07) is 11.5. The van der Waals surface area contributed by atoms with Crippen molar-refractivity contribution in [2.45, 2.75) is 10.1 Å². The monoisotopic (exact) mass is 373 g/mol. The van der Waals surface area contributed by atoms with E-state index in [0.29, 0.717) is 23.3 Å². The van der Waals surface area contributed by atoms with Gasteiger partial charge in [0.25, 0.3) is 0 Å². The van der Waals surface area contributed by atoms with Gasteiger partial charge in [-0.2, -0.15) is 0 Å². The third-order valence-electron chi connectivity index (χ3n) is 3.76. The number of amides is 1. The largest absolute Gasteiger partial charge is 0.461 e. The van der Waals surface area contributed by atoms with Crippen molar-refractivity contribution in [3.63, 3.8) is 0 Å². The van der Waals surface area contributed by atoms with Crippen LogP contribution in [0.3, 0.4) is 0 Å². The first-order valence-corrected chi connectivity index (χ1v) is 9.60. The maximum Gasteiger partial charge on any atom is 0.237 e. The zero-order valence-corrected chi connectivity index (χ0v) is 14.8. The normalized spacial score (nSPS) is 13.7. The maximum atomic E-state index is 12.7. The predicted molar refractivity (Wildman–Crippen MR) is 98.1 cm³/mol. The predicted octanol–water partition coefficient (Wildman–Crippen LogP) is 2.48. The van der Waals surface area contributed by atoms with Crippen LogP contribution in [-0.2, 0) is 4.79 Å². The van der Waals surface area contributed by atoms with Crippen molar-refractivity contribution in [1.29, 1.82) is 0 Å². The van der Waals surface area contributed by atoms with Crippen molar-refractivity contribution < 1.29 is 9.21 Å². The van der Waals surface area contributed by atoms with E-state index in [2.05, 4.69) is 10.2 Å². The molecule has 2 N–H and O–H groups in total. The van der Waals surface area contributed by atoms with Crippen LogP contribution >= 0.6 is 23.5 Å². The zero-order valence-electron chi connectivity index (χ0n) is 13.2. The Morgan fingerprint density at radius 1 is 1.28 bits per heavy atom. The number of nitrogen functional groups attached to an aromatic ring is 1. The summed E-state index contributed by atoms with van der Waals surface area (Å²) in [6.07, 6.45) is 1.55. The van der Waals surface area contributed by atoms with Gasteiger partial charge in [0.2, 0.25) is 16.9 Å². The van der Waals surface area contributed by atoms with Crippen LogP contribution in [0.1, 0.15) is 0 Å². The molecule has 0 saturated carbocycles. The molecule has 0 saturated heterocycles. The molecule has 0 unspecified atom stereocenters. The lowest BCUT2D eigenvalue weighted by Crippen LogP contribution is -2.36. The molecular weight excluding hydrogens is 358 g/mol. The van der Waals surface area contributed by atoms with Crippen LogP contribution in [0, 0.1) is 0 Å². The summed E-state index contributed by atoms with van der Waals surface area (Å²) in [5, 5.41) is 8.55. The molecule has 1 aliphatic rings. The highest BCUT2D eigenvalue weighted by Gasteiger charge is 2.23. The van der Waals surface area contributed by atoms with Gasteiger partial charge in [0, 0.05) is 17.2 Å². The number of hydrogen-bond acceptors (Lipinski definition) is 7. The van der Waals surface area contributed by atoms with Gasteiger partial charge in [0.1, 0.15) is 0 Å². The molecule has 7 nitrogen and oxygen atoms in total. The number of fused-ring (bicyclic) bond motifs is 1. The van der Waals surface area contributed by atoms with Crippen LogP contribution in [0.25, 0.3) is 11.6 Å². The summed E-state index contributed by atoms with van der Waals surface area (Å²) in [6.45, 7) is 0.702. The van der Waals surface area contributed by atoms with Crippen LogP contribution in [0.4, 0.5) is 5.69 Å². The summed E-state index contributed by atoms with van der Waals surface area (Å²) in [4.78, 5) is 15.6. The Morgan fingerprint density at radius 3 is 3.00 bits per heavy atom. The Kier molecular flexibility index (Phi) is 4.41. The second-order valence-corrected chi connectivity index (χ2v) is 7.38. The van der Waals surface area contributed by atoms with Gasteiger partial charge in [0.15, 0.2) is 5.76 Å². The van der Waals surface area contributed by atoms with E-state index >= 15 is 0 Å². The van der Waals surface area contributed by atoms with Gasteiger partial charge in [-0.15, -0.1) is 22.0 Å². The molecule has 0 spiro atoms. The van der Waals surface area contributed by atoms with Crippen LogP contribution < -0.4 is 10.7 Å². The third kappa shape index (κ3) is 3.12. The van der Waals surface area contributed by atoms with Crippen molar-refractivity contribution in [2.24, 2.45) is 0 Å². The maximum absolute atomic E-state index is 12.7. The number of nitrogens with zero attached hydrogens (tertiary/aromatic N) is 4. The molecule has 1 aliphatic heterocycles. The van der Waals surface area contributed by atoms with Gasteiger partial charge in [-0.25, -0.2) is 4.68 Å². The van der Waals surface area contributed by atoms with Crippen molar-refractivity contribution in [2.75, 3.05) is 28.8 Å². The minimum atomic E-state index is 0.0281. The van der Waals surface area contributed by atoms with E-state index in [1.54, 1.807) is 30.2 Å². The molecule has 9 heteroatoms. The summed E-state index contributed by atoms with van der Waals surface area (Å²) in [5.41, 5.74) is 0.967. The topological polar surface area (TPSA) is 90.2 Å². The first-order chi connectivity index (χ1) is 12.2. The highest BCUT2D eigenvalue weighted by Crippen LogP contribution is 2.34.